The lowest BCUT2D eigenvalue weighted by Gasteiger charge is -2.26. The second kappa shape index (κ2) is 4.24. The molecule has 3 amide bonds. The topological polar surface area (TPSA) is 88.3 Å². The minimum Gasteiger partial charge on any atom is -0.397 e. The average molecular weight is 256 g/mol. The quantitative estimate of drug-likeness (QED) is 0.804. The number of urea groups is 1. The molecular weight excluding hydrogens is 244 g/mol. The Morgan fingerprint density at radius 2 is 2.11 bits per heavy atom. The van der Waals surface area contributed by atoms with Gasteiger partial charge < -0.3 is 5.73 Å². The third kappa shape index (κ3) is 2.08. The molecule has 0 atom stereocenters. The Bertz CT molecular complexity index is 683. The fraction of sp³-hybridized carbons (Fsp3) is 0.154. The fourth-order valence-corrected chi connectivity index (χ4v) is 2.11. The molecule has 0 bridgehead atoms. The number of amides is 3. The Balaban J connectivity index is 2.01. The number of nitrogens with two attached hydrogens (primary N) is 1. The Morgan fingerprint density at radius 3 is 2.89 bits per heavy atom. The molecule has 0 radical (unpaired) electrons. The average Bonchev–Trinajstić information content (AvgIpc) is 2.38. The lowest BCUT2D eigenvalue weighted by molar-refractivity contribution is -0.120. The molecule has 2 aromatic rings. The molecule has 1 aliphatic rings. The number of carbonyl (C=O) groups is 2. The molecule has 1 aromatic heterocycles. The largest absolute Gasteiger partial charge is 0.397 e. The smallest absolute Gasteiger partial charge is 0.328 e. The van der Waals surface area contributed by atoms with E-state index in [2.05, 4.69) is 10.3 Å². The van der Waals surface area contributed by atoms with Gasteiger partial charge in [0.1, 0.15) is 0 Å². The molecule has 0 saturated carbocycles. The van der Waals surface area contributed by atoms with Gasteiger partial charge in [0.25, 0.3) is 0 Å². The molecule has 3 N–H and O–H groups in total. The highest BCUT2D eigenvalue weighted by Gasteiger charge is 2.24. The summed E-state index contributed by atoms with van der Waals surface area (Å²) in [7, 11) is 0. The van der Waals surface area contributed by atoms with Crippen LogP contribution in [-0.2, 0) is 4.79 Å². The SMILES string of the molecule is Nc1cnc2ccc(N3CCC(=O)NC3=O)cc2c1. The molecule has 19 heavy (non-hydrogen) atoms. The van der Waals surface area contributed by atoms with Gasteiger partial charge in [0, 0.05) is 24.0 Å². The molecule has 2 heterocycles. The maximum atomic E-state index is 11.8. The van der Waals surface area contributed by atoms with Crippen LogP contribution in [0.25, 0.3) is 10.9 Å². The maximum Gasteiger partial charge on any atom is 0.328 e. The number of aromatic nitrogens is 1. The molecule has 3 rings (SSSR count). The molecule has 6 nitrogen and oxygen atoms in total. The van der Waals surface area contributed by atoms with Crippen LogP contribution < -0.4 is 16.0 Å². The number of pyridine rings is 1. The standard InChI is InChI=1S/C13H12N4O2/c14-9-5-8-6-10(1-2-11(8)15-7-9)17-4-3-12(18)16-13(17)19/h1-2,5-7H,3-4,14H2,(H,16,18,19). The number of imide groups is 1. The number of carbonyl (C=O) groups excluding carboxylic acids is 2. The van der Waals surface area contributed by atoms with Crippen LogP contribution in [0.4, 0.5) is 16.2 Å². The summed E-state index contributed by atoms with van der Waals surface area (Å²) in [5.74, 6) is -0.243. The number of rotatable bonds is 1. The Morgan fingerprint density at radius 1 is 1.26 bits per heavy atom. The van der Waals surface area contributed by atoms with Crippen LogP contribution in [0.5, 0.6) is 0 Å². The highest BCUT2D eigenvalue weighted by atomic mass is 16.2. The minimum atomic E-state index is -0.396. The summed E-state index contributed by atoms with van der Waals surface area (Å²) in [6.07, 6.45) is 1.90. The first-order valence-electron chi connectivity index (χ1n) is 5.90. The zero-order valence-electron chi connectivity index (χ0n) is 10.1. The van der Waals surface area contributed by atoms with Gasteiger partial charge in [-0.25, -0.2) is 4.79 Å². The van der Waals surface area contributed by atoms with Crippen molar-refractivity contribution < 1.29 is 9.59 Å². The predicted octanol–water partition coefficient (Wildman–Crippen LogP) is 1.26. The second-order valence-electron chi connectivity index (χ2n) is 4.40. The van der Waals surface area contributed by atoms with Gasteiger partial charge in [-0.3, -0.25) is 20.0 Å². The van der Waals surface area contributed by atoms with E-state index in [0.717, 1.165) is 16.6 Å². The molecule has 0 aliphatic carbocycles. The monoisotopic (exact) mass is 256 g/mol. The van der Waals surface area contributed by atoms with Gasteiger partial charge >= 0.3 is 6.03 Å². The Hall–Kier alpha value is -2.63. The number of fused-ring (bicyclic) bond motifs is 1. The molecular formula is C13H12N4O2. The lowest BCUT2D eigenvalue weighted by Crippen LogP contribution is -2.49. The molecule has 96 valence electrons. The van der Waals surface area contributed by atoms with Gasteiger partial charge in [0.05, 0.1) is 17.4 Å². The van der Waals surface area contributed by atoms with Crippen molar-refractivity contribution in [3.8, 4) is 0 Å². The van der Waals surface area contributed by atoms with Crippen molar-refractivity contribution in [2.24, 2.45) is 0 Å². The van der Waals surface area contributed by atoms with Gasteiger partial charge in [-0.15, -0.1) is 0 Å². The van der Waals surface area contributed by atoms with E-state index in [4.69, 9.17) is 5.73 Å². The van der Waals surface area contributed by atoms with Crippen molar-refractivity contribution in [2.45, 2.75) is 6.42 Å². The lowest BCUT2D eigenvalue weighted by atomic mass is 10.1. The summed E-state index contributed by atoms with van der Waals surface area (Å²) < 4.78 is 0. The number of benzene rings is 1. The van der Waals surface area contributed by atoms with E-state index in [1.807, 2.05) is 12.1 Å². The van der Waals surface area contributed by atoms with E-state index >= 15 is 0 Å². The number of nitrogens with one attached hydrogen (secondary N) is 1. The second-order valence-corrected chi connectivity index (χ2v) is 4.40. The van der Waals surface area contributed by atoms with Crippen LogP contribution in [0.2, 0.25) is 0 Å². The third-order valence-corrected chi connectivity index (χ3v) is 3.05. The Kier molecular flexibility index (Phi) is 2.56. The van der Waals surface area contributed by atoms with Gasteiger partial charge in [0.15, 0.2) is 0 Å². The van der Waals surface area contributed by atoms with E-state index in [1.165, 1.54) is 4.90 Å². The van der Waals surface area contributed by atoms with E-state index in [9.17, 15) is 9.59 Å². The molecule has 1 aromatic carbocycles. The van der Waals surface area contributed by atoms with E-state index in [-0.39, 0.29) is 5.91 Å². The minimum absolute atomic E-state index is 0.243. The summed E-state index contributed by atoms with van der Waals surface area (Å²) in [5.41, 5.74) is 7.81. The van der Waals surface area contributed by atoms with Crippen LogP contribution in [-0.4, -0.2) is 23.5 Å². The number of hydrogen-bond acceptors (Lipinski definition) is 4. The summed E-state index contributed by atoms with van der Waals surface area (Å²) >= 11 is 0. The van der Waals surface area contributed by atoms with Crippen LogP contribution in [0, 0.1) is 0 Å². The predicted molar refractivity (Wildman–Crippen MR) is 71.7 cm³/mol. The van der Waals surface area contributed by atoms with E-state index in [0.29, 0.717) is 18.7 Å². The first-order chi connectivity index (χ1) is 9.13. The maximum absolute atomic E-state index is 11.8. The summed E-state index contributed by atoms with van der Waals surface area (Å²) in [6.45, 7) is 0.381. The van der Waals surface area contributed by atoms with Crippen LogP contribution in [0.3, 0.4) is 0 Å². The van der Waals surface area contributed by atoms with Gasteiger partial charge in [-0.05, 0) is 24.3 Å². The molecule has 0 spiro atoms. The van der Waals surface area contributed by atoms with Gasteiger partial charge in [0.2, 0.25) is 5.91 Å². The molecule has 1 aliphatic heterocycles. The molecule has 1 fully saturated rings. The number of nitrogen functional groups attached to an aromatic ring is 1. The number of nitrogens with zero attached hydrogens (tertiary/aromatic N) is 2. The molecule has 0 unspecified atom stereocenters. The number of hydrogen-bond donors (Lipinski definition) is 2. The fourth-order valence-electron chi connectivity index (χ4n) is 2.11. The highest BCUT2D eigenvalue weighted by molar-refractivity contribution is 6.06. The zero-order valence-corrected chi connectivity index (χ0v) is 10.1. The van der Waals surface area contributed by atoms with Crippen molar-refractivity contribution in [1.82, 2.24) is 10.3 Å². The normalized spacial score (nSPS) is 15.7. The summed E-state index contributed by atoms with van der Waals surface area (Å²) in [4.78, 5) is 28.6. The highest BCUT2D eigenvalue weighted by Crippen LogP contribution is 2.23. The summed E-state index contributed by atoms with van der Waals surface area (Å²) in [5, 5.41) is 3.16. The van der Waals surface area contributed by atoms with E-state index in [1.54, 1.807) is 18.3 Å². The van der Waals surface area contributed by atoms with Crippen molar-refractivity contribution in [2.75, 3.05) is 17.2 Å². The van der Waals surface area contributed by atoms with Crippen molar-refractivity contribution in [1.29, 1.82) is 0 Å². The van der Waals surface area contributed by atoms with Crippen LogP contribution in [0.1, 0.15) is 6.42 Å². The van der Waals surface area contributed by atoms with Gasteiger partial charge in [-0.2, -0.15) is 0 Å². The van der Waals surface area contributed by atoms with Crippen LogP contribution >= 0.6 is 0 Å². The van der Waals surface area contributed by atoms with Crippen molar-refractivity contribution in [3.63, 3.8) is 0 Å². The first kappa shape index (κ1) is 11.5. The van der Waals surface area contributed by atoms with Gasteiger partial charge in [-0.1, -0.05) is 0 Å². The van der Waals surface area contributed by atoms with Crippen LogP contribution in [0.15, 0.2) is 30.5 Å². The number of anilines is 2. The molecule has 1 saturated heterocycles. The van der Waals surface area contributed by atoms with Crippen molar-refractivity contribution in [3.05, 3.63) is 30.5 Å². The Labute approximate surface area is 109 Å². The summed E-state index contributed by atoms with van der Waals surface area (Å²) in [6, 6.07) is 6.88. The first-order valence-corrected chi connectivity index (χ1v) is 5.90. The zero-order chi connectivity index (χ0) is 13.4. The van der Waals surface area contributed by atoms with E-state index < -0.39 is 6.03 Å². The third-order valence-electron chi connectivity index (χ3n) is 3.05. The molecule has 6 heteroatoms. The van der Waals surface area contributed by atoms with Crippen molar-refractivity contribution >= 4 is 34.2 Å².